The van der Waals surface area contributed by atoms with Crippen LogP contribution in [-0.2, 0) is 0 Å². The first kappa shape index (κ1) is 13.7. The van der Waals surface area contributed by atoms with Crippen LogP contribution in [0.15, 0.2) is 40.4 Å². The van der Waals surface area contributed by atoms with Gasteiger partial charge in [0.15, 0.2) is 5.09 Å². The third kappa shape index (κ3) is 2.53. The van der Waals surface area contributed by atoms with Crippen LogP contribution >= 0.6 is 24.0 Å². The van der Waals surface area contributed by atoms with Crippen LogP contribution in [0.5, 0.6) is 0 Å². The molecule has 0 unspecified atom stereocenters. The summed E-state index contributed by atoms with van der Waals surface area (Å²) >= 11 is 6.63. The molecule has 0 radical (unpaired) electrons. The number of benzene rings is 1. The second-order valence-corrected chi connectivity index (χ2v) is 5.35. The molecule has 0 aliphatic heterocycles. The van der Waals surface area contributed by atoms with E-state index in [-0.39, 0.29) is 5.75 Å². The van der Waals surface area contributed by atoms with E-state index >= 15 is 0 Å². The molecule has 0 saturated carbocycles. The van der Waals surface area contributed by atoms with Crippen molar-refractivity contribution in [2.75, 3.05) is 5.75 Å². The number of nitriles is 1. The molecule has 1 aromatic carbocycles. The van der Waals surface area contributed by atoms with Crippen LogP contribution in [0.2, 0.25) is 0 Å². The van der Waals surface area contributed by atoms with Gasteiger partial charge in [-0.05, 0) is 12.1 Å². The van der Waals surface area contributed by atoms with E-state index < -0.39 is 5.82 Å². The fourth-order valence-electron chi connectivity index (χ4n) is 1.85. The Morgan fingerprint density at radius 1 is 1.48 bits per heavy atom. The number of thioether (sulfide) groups is 1. The van der Waals surface area contributed by atoms with Gasteiger partial charge < -0.3 is 4.42 Å². The van der Waals surface area contributed by atoms with Crippen molar-refractivity contribution < 1.29 is 8.81 Å². The Morgan fingerprint density at radius 2 is 2.33 bits per heavy atom. The van der Waals surface area contributed by atoms with Gasteiger partial charge in [0.1, 0.15) is 29.7 Å². The SMILES string of the molecule is N#CCSc1oc2cc(F)ccc2c(=S)c1-n1cncn1. The number of hydrogen-bond donors (Lipinski definition) is 0. The summed E-state index contributed by atoms with van der Waals surface area (Å²) in [5.74, 6) is -0.230. The van der Waals surface area contributed by atoms with Crippen LogP contribution < -0.4 is 0 Å². The summed E-state index contributed by atoms with van der Waals surface area (Å²) in [5, 5.41) is 13.8. The molecule has 8 heteroatoms. The molecule has 0 saturated heterocycles. The molecular formula is C13H7FN4OS2. The highest BCUT2D eigenvalue weighted by Gasteiger charge is 2.15. The van der Waals surface area contributed by atoms with Crippen LogP contribution in [0.4, 0.5) is 4.39 Å². The highest BCUT2D eigenvalue weighted by molar-refractivity contribution is 7.99. The molecule has 0 N–H and O–H groups in total. The van der Waals surface area contributed by atoms with Gasteiger partial charge in [0.25, 0.3) is 0 Å². The Morgan fingerprint density at radius 3 is 3.05 bits per heavy atom. The number of hydrogen-bond acceptors (Lipinski definition) is 6. The van der Waals surface area contributed by atoms with E-state index in [1.807, 2.05) is 6.07 Å². The number of halogens is 1. The van der Waals surface area contributed by atoms with Gasteiger partial charge in [-0.3, -0.25) is 0 Å². The van der Waals surface area contributed by atoms with E-state index in [1.54, 1.807) is 6.07 Å². The average molecular weight is 318 g/mol. The summed E-state index contributed by atoms with van der Waals surface area (Å²) in [4.78, 5) is 3.88. The van der Waals surface area contributed by atoms with Crippen LogP contribution in [0, 0.1) is 21.7 Å². The summed E-state index contributed by atoms with van der Waals surface area (Å²) in [7, 11) is 0. The number of rotatable bonds is 3. The average Bonchev–Trinajstić information content (AvgIpc) is 2.98. The molecule has 2 heterocycles. The zero-order valence-electron chi connectivity index (χ0n) is 10.5. The molecule has 3 rings (SSSR count). The van der Waals surface area contributed by atoms with Crippen molar-refractivity contribution in [2.24, 2.45) is 0 Å². The molecule has 3 aromatic rings. The van der Waals surface area contributed by atoms with Crippen LogP contribution in [0.25, 0.3) is 16.7 Å². The van der Waals surface area contributed by atoms with Crippen LogP contribution in [-0.4, -0.2) is 20.5 Å². The first-order valence-corrected chi connectivity index (χ1v) is 7.21. The molecule has 0 fully saturated rings. The summed E-state index contributed by atoms with van der Waals surface area (Å²) < 4.78 is 21.0. The van der Waals surface area contributed by atoms with Crippen LogP contribution in [0.3, 0.4) is 0 Å². The lowest BCUT2D eigenvalue weighted by Crippen LogP contribution is -1.99. The smallest absolute Gasteiger partial charge is 0.189 e. The van der Waals surface area contributed by atoms with Gasteiger partial charge >= 0.3 is 0 Å². The molecule has 0 aliphatic carbocycles. The topological polar surface area (TPSA) is 67.6 Å². The molecule has 21 heavy (non-hydrogen) atoms. The van der Waals surface area contributed by atoms with Gasteiger partial charge in [0, 0.05) is 11.5 Å². The van der Waals surface area contributed by atoms with Crippen molar-refractivity contribution in [3.63, 3.8) is 0 Å². The Labute approximate surface area is 128 Å². The molecule has 5 nitrogen and oxygen atoms in total. The maximum absolute atomic E-state index is 13.3. The van der Waals surface area contributed by atoms with E-state index in [9.17, 15) is 4.39 Å². The van der Waals surface area contributed by atoms with E-state index in [1.165, 1.54) is 41.2 Å². The molecule has 0 amide bonds. The maximum Gasteiger partial charge on any atom is 0.189 e. The van der Waals surface area contributed by atoms with Crippen molar-refractivity contribution >= 4 is 34.9 Å². The van der Waals surface area contributed by atoms with Crippen molar-refractivity contribution in [1.29, 1.82) is 5.26 Å². The quantitative estimate of drug-likeness (QED) is 0.544. The Kier molecular flexibility index (Phi) is 3.68. The summed E-state index contributed by atoms with van der Waals surface area (Å²) in [5.41, 5.74) is 0.867. The highest BCUT2D eigenvalue weighted by Crippen LogP contribution is 2.32. The lowest BCUT2D eigenvalue weighted by atomic mass is 10.2. The lowest BCUT2D eigenvalue weighted by Gasteiger charge is -2.09. The van der Waals surface area contributed by atoms with Crippen LogP contribution in [0.1, 0.15) is 0 Å². The molecular weight excluding hydrogens is 311 g/mol. The van der Waals surface area contributed by atoms with Crippen molar-refractivity contribution in [3.05, 3.63) is 41.2 Å². The van der Waals surface area contributed by atoms with Gasteiger partial charge in [0.05, 0.1) is 16.3 Å². The van der Waals surface area contributed by atoms with Gasteiger partial charge in [-0.25, -0.2) is 14.1 Å². The largest absolute Gasteiger partial charge is 0.447 e. The zero-order chi connectivity index (χ0) is 14.8. The predicted octanol–water partition coefficient (Wildman–Crippen LogP) is 3.50. The third-order valence-corrected chi connectivity index (χ3v) is 3.94. The predicted molar refractivity (Wildman–Crippen MR) is 78.3 cm³/mol. The normalized spacial score (nSPS) is 10.7. The first-order valence-electron chi connectivity index (χ1n) is 5.82. The minimum absolute atomic E-state index is 0.181. The summed E-state index contributed by atoms with van der Waals surface area (Å²) in [6.07, 6.45) is 2.87. The first-order chi connectivity index (χ1) is 10.2. The fourth-order valence-corrected chi connectivity index (χ4v) is 2.95. The van der Waals surface area contributed by atoms with E-state index in [0.29, 0.717) is 26.3 Å². The molecule has 2 aromatic heterocycles. The third-order valence-electron chi connectivity index (χ3n) is 2.72. The maximum atomic E-state index is 13.3. The molecule has 104 valence electrons. The zero-order valence-corrected chi connectivity index (χ0v) is 12.1. The van der Waals surface area contributed by atoms with Gasteiger partial charge in [-0.1, -0.05) is 24.0 Å². The van der Waals surface area contributed by atoms with Gasteiger partial charge in [0.2, 0.25) is 0 Å². The van der Waals surface area contributed by atoms with Crippen molar-refractivity contribution in [1.82, 2.24) is 14.8 Å². The second kappa shape index (κ2) is 5.63. The van der Waals surface area contributed by atoms with Gasteiger partial charge in [-0.2, -0.15) is 10.4 Å². The Bertz CT molecular complexity index is 899. The standard InChI is InChI=1S/C13H7FN4OS2/c14-8-1-2-9-10(5-8)19-13(21-4-3-15)11(12(9)20)18-7-16-6-17-18/h1-2,5-7H,4H2. The highest BCUT2D eigenvalue weighted by atomic mass is 32.2. The monoisotopic (exact) mass is 318 g/mol. The van der Waals surface area contributed by atoms with Crippen molar-refractivity contribution in [3.8, 4) is 11.8 Å². The number of aromatic nitrogens is 3. The Balaban J connectivity index is 2.32. The minimum atomic E-state index is -0.412. The molecule has 0 atom stereocenters. The summed E-state index contributed by atoms with van der Waals surface area (Å²) in [6.45, 7) is 0. The second-order valence-electron chi connectivity index (χ2n) is 3.99. The van der Waals surface area contributed by atoms with E-state index in [0.717, 1.165) is 0 Å². The Hall–Kier alpha value is -2.24. The number of fused-ring (bicyclic) bond motifs is 1. The molecule has 0 aliphatic rings. The molecule has 0 spiro atoms. The fraction of sp³-hybridized carbons (Fsp3) is 0.0769. The summed E-state index contributed by atoms with van der Waals surface area (Å²) in [6, 6.07) is 6.17. The minimum Gasteiger partial charge on any atom is -0.447 e. The van der Waals surface area contributed by atoms with Gasteiger partial charge in [-0.15, -0.1) is 0 Å². The molecule has 0 bridgehead atoms. The van der Waals surface area contributed by atoms with E-state index in [2.05, 4.69) is 10.1 Å². The number of nitrogens with zero attached hydrogens (tertiary/aromatic N) is 4. The van der Waals surface area contributed by atoms with Crippen molar-refractivity contribution in [2.45, 2.75) is 5.09 Å². The lowest BCUT2D eigenvalue weighted by molar-refractivity contribution is 0.489. The van der Waals surface area contributed by atoms with E-state index in [4.69, 9.17) is 21.9 Å².